The summed E-state index contributed by atoms with van der Waals surface area (Å²) in [5.41, 5.74) is 7.81. The number of halogens is 2. The van der Waals surface area contributed by atoms with Crippen LogP contribution in [0, 0.1) is 0 Å². The van der Waals surface area contributed by atoms with Crippen molar-refractivity contribution in [1.29, 1.82) is 0 Å². The van der Waals surface area contributed by atoms with Gasteiger partial charge in [0, 0.05) is 35.1 Å². The van der Waals surface area contributed by atoms with E-state index in [1.807, 2.05) is 6.26 Å². The van der Waals surface area contributed by atoms with Crippen LogP contribution in [0.1, 0.15) is 59.2 Å². The zero-order chi connectivity index (χ0) is 27.0. The molecule has 0 fully saturated rings. The van der Waals surface area contributed by atoms with E-state index in [-0.39, 0.29) is 0 Å². The zero-order valence-electron chi connectivity index (χ0n) is 22.2. The fourth-order valence-corrected chi connectivity index (χ4v) is 7.62. The Morgan fingerprint density at radius 1 is 1.00 bits per heavy atom. The van der Waals surface area contributed by atoms with Gasteiger partial charge in [0.15, 0.2) is 5.16 Å². The van der Waals surface area contributed by atoms with E-state index in [1.54, 1.807) is 0 Å². The number of hydrogen-bond acceptors (Lipinski definition) is 5. The largest absolute Gasteiger partial charge is 0.365 e. The smallest absolute Gasteiger partial charge is 0.188 e. The molecule has 0 amide bonds. The molecule has 1 aromatic heterocycles. The second-order valence-corrected chi connectivity index (χ2v) is 12.4. The molecule has 2 aliphatic rings. The molecule has 6 rings (SSSR count). The molecule has 3 aromatic carbocycles. The molecule has 4 nitrogen and oxygen atoms in total. The van der Waals surface area contributed by atoms with Crippen LogP contribution in [0.2, 0.25) is 5.15 Å². The molecular weight excluding hydrogens is 590 g/mol. The topological polar surface area (TPSA) is 38.2 Å². The first-order valence-electron chi connectivity index (χ1n) is 13.4. The second-order valence-electron chi connectivity index (χ2n) is 10.5. The van der Waals surface area contributed by atoms with Crippen LogP contribution in [0.5, 0.6) is 0 Å². The van der Waals surface area contributed by atoms with Crippen LogP contribution in [0.15, 0.2) is 82.4 Å². The third-order valence-corrected chi connectivity index (χ3v) is 9.71. The Hall–Kier alpha value is -2.38. The molecule has 0 saturated carbocycles. The van der Waals surface area contributed by atoms with Gasteiger partial charge in [-0.25, -0.2) is 9.97 Å². The molecule has 2 heterocycles. The van der Waals surface area contributed by atoms with E-state index in [0.717, 1.165) is 41.7 Å². The van der Waals surface area contributed by atoms with Gasteiger partial charge in [-0.2, -0.15) is 0 Å². The predicted octanol–water partition coefficient (Wildman–Crippen LogP) is 8.69. The van der Waals surface area contributed by atoms with Crippen LogP contribution >= 0.6 is 39.3 Å². The number of ether oxygens (including phenoxy) is 1. The van der Waals surface area contributed by atoms with Crippen molar-refractivity contribution < 1.29 is 4.74 Å². The van der Waals surface area contributed by atoms with Crippen molar-refractivity contribution >= 4 is 45.0 Å². The first kappa shape index (κ1) is 26.8. The van der Waals surface area contributed by atoms with E-state index in [4.69, 9.17) is 21.3 Å². The maximum absolute atomic E-state index is 6.79. The van der Waals surface area contributed by atoms with Crippen molar-refractivity contribution in [2.45, 2.75) is 62.6 Å². The Morgan fingerprint density at radius 2 is 1.67 bits per heavy atom. The van der Waals surface area contributed by atoms with E-state index < -0.39 is 5.60 Å². The van der Waals surface area contributed by atoms with E-state index >= 15 is 0 Å². The molecule has 200 valence electrons. The zero-order valence-corrected chi connectivity index (χ0v) is 25.3. The van der Waals surface area contributed by atoms with Gasteiger partial charge >= 0.3 is 0 Å². The van der Waals surface area contributed by atoms with Gasteiger partial charge in [0.25, 0.3) is 0 Å². The Kier molecular flexibility index (Phi) is 7.73. The summed E-state index contributed by atoms with van der Waals surface area (Å²) in [5, 5.41) is 1.22. The number of benzene rings is 3. The summed E-state index contributed by atoms with van der Waals surface area (Å²) >= 11 is 12.2. The minimum atomic E-state index is -0.456. The predicted molar refractivity (Wildman–Crippen MR) is 164 cm³/mol. The summed E-state index contributed by atoms with van der Waals surface area (Å²) in [7, 11) is 0. The highest BCUT2D eigenvalue weighted by molar-refractivity contribution is 9.10. The highest BCUT2D eigenvalue weighted by Crippen LogP contribution is 2.53. The van der Waals surface area contributed by atoms with E-state index in [1.165, 1.54) is 39.7 Å². The van der Waals surface area contributed by atoms with Crippen LogP contribution in [0.4, 0.5) is 5.69 Å². The maximum Gasteiger partial charge on any atom is 0.188 e. The number of aromatic nitrogens is 2. The molecule has 2 unspecified atom stereocenters. The van der Waals surface area contributed by atoms with Crippen molar-refractivity contribution in [3.63, 3.8) is 0 Å². The van der Waals surface area contributed by atoms with E-state index in [0.29, 0.717) is 29.3 Å². The van der Waals surface area contributed by atoms with Gasteiger partial charge in [-0.15, -0.1) is 0 Å². The Bertz CT molecular complexity index is 1440. The summed E-state index contributed by atoms with van der Waals surface area (Å²) in [5.74, 6) is 0.452. The number of thioether (sulfide) groups is 1. The van der Waals surface area contributed by atoms with Crippen LogP contribution < -0.4 is 4.90 Å². The standard InChI is InChI=1S/C32H31BrClN3OS/c1-21-15-16-32(17-26-25(20-38-32)30(34)36-31(35-26)39-2)28-24(21)13-14-27(29(28)33)37(18-22-9-5-3-6-10-22)19-23-11-7-4-8-12-23/h3-14,21H,15-20H2,1-2H3. The lowest BCUT2D eigenvalue weighted by Crippen LogP contribution is -2.41. The van der Waals surface area contributed by atoms with Gasteiger partial charge in [0.05, 0.1) is 18.0 Å². The van der Waals surface area contributed by atoms with Crippen molar-refractivity contribution in [3.05, 3.63) is 116 Å². The lowest BCUT2D eigenvalue weighted by Gasteiger charge is -2.45. The highest BCUT2D eigenvalue weighted by Gasteiger charge is 2.45. The molecular formula is C32H31BrClN3OS. The molecule has 1 spiro atoms. The molecule has 39 heavy (non-hydrogen) atoms. The lowest BCUT2D eigenvalue weighted by atomic mass is 9.71. The van der Waals surface area contributed by atoms with Gasteiger partial charge in [-0.05, 0) is 63.7 Å². The van der Waals surface area contributed by atoms with Crippen LogP contribution in [0.25, 0.3) is 0 Å². The Labute approximate surface area is 248 Å². The van der Waals surface area contributed by atoms with E-state index in [2.05, 4.69) is 106 Å². The highest BCUT2D eigenvalue weighted by atomic mass is 79.9. The normalized spacial score (nSPS) is 19.9. The molecule has 7 heteroatoms. The monoisotopic (exact) mass is 619 g/mol. The second kappa shape index (κ2) is 11.2. The fraction of sp³-hybridized carbons (Fsp3) is 0.312. The summed E-state index contributed by atoms with van der Waals surface area (Å²) in [6, 6.07) is 26.0. The van der Waals surface area contributed by atoms with Gasteiger partial charge < -0.3 is 9.64 Å². The molecule has 0 radical (unpaired) electrons. The van der Waals surface area contributed by atoms with Gasteiger partial charge in [0.2, 0.25) is 0 Å². The lowest BCUT2D eigenvalue weighted by molar-refractivity contribution is -0.0878. The molecule has 1 aliphatic carbocycles. The number of hydrogen-bond donors (Lipinski definition) is 0. The van der Waals surface area contributed by atoms with Gasteiger partial charge in [-0.1, -0.05) is 97.0 Å². The minimum Gasteiger partial charge on any atom is -0.365 e. The Morgan fingerprint density at radius 3 is 2.31 bits per heavy atom. The SMILES string of the molecule is CSc1nc(Cl)c2c(n1)CC1(CCC(C)c3ccc(N(Cc4ccccc4)Cc4ccccc4)c(Br)c31)OC2. The third-order valence-electron chi connectivity index (χ3n) is 8.04. The molecule has 0 bridgehead atoms. The quantitative estimate of drug-likeness (QED) is 0.122. The van der Waals surface area contributed by atoms with Crippen LogP contribution in [-0.2, 0) is 36.5 Å². The molecule has 4 aromatic rings. The minimum absolute atomic E-state index is 0.422. The number of fused-ring (bicyclic) bond motifs is 3. The van der Waals surface area contributed by atoms with Gasteiger partial charge in [-0.3, -0.25) is 0 Å². The van der Waals surface area contributed by atoms with E-state index in [9.17, 15) is 0 Å². The first-order chi connectivity index (χ1) is 19.0. The molecule has 0 N–H and O–H groups in total. The number of nitrogens with zero attached hydrogens (tertiary/aromatic N) is 3. The fourth-order valence-electron chi connectivity index (χ4n) is 5.97. The first-order valence-corrected chi connectivity index (χ1v) is 15.8. The summed E-state index contributed by atoms with van der Waals surface area (Å²) < 4.78 is 7.91. The van der Waals surface area contributed by atoms with Crippen molar-refractivity contribution in [3.8, 4) is 0 Å². The maximum atomic E-state index is 6.79. The number of rotatable bonds is 6. The average molecular weight is 621 g/mol. The summed E-state index contributed by atoms with van der Waals surface area (Å²) in [4.78, 5) is 11.8. The van der Waals surface area contributed by atoms with Crippen molar-refractivity contribution in [2.24, 2.45) is 0 Å². The summed E-state index contributed by atoms with van der Waals surface area (Å²) in [6.07, 6.45) is 4.69. The molecule has 0 saturated heterocycles. The third kappa shape index (κ3) is 5.24. The van der Waals surface area contributed by atoms with Crippen molar-refractivity contribution in [2.75, 3.05) is 11.2 Å². The van der Waals surface area contributed by atoms with Gasteiger partial charge in [0.1, 0.15) is 10.8 Å². The summed E-state index contributed by atoms with van der Waals surface area (Å²) in [6.45, 7) is 4.36. The molecule has 1 aliphatic heterocycles. The van der Waals surface area contributed by atoms with Crippen LogP contribution in [-0.4, -0.2) is 16.2 Å². The Balaban J connectivity index is 1.45. The molecule has 2 atom stereocenters. The van der Waals surface area contributed by atoms with Crippen LogP contribution in [0.3, 0.4) is 0 Å². The number of anilines is 1. The average Bonchev–Trinajstić information content (AvgIpc) is 2.96. The van der Waals surface area contributed by atoms with Crippen molar-refractivity contribution in [1.82, 2.24) is 9.97 Å².